The third-order valence-electron chi connectivity index (χ3n) is 3.19. The molecule has 2 aromatic heterocycles. The van der Waals surface area contributed by atoms with Crippen molar-refractivity contribution in [3.63, 3.8) is 0 Å². The summed E-state index contributed by atoms with van der Waals surface area (Å²) in [5.74, 6) is -1.29. The number of nitrogens with one attached hydrogen (secondary N) is 2. The summed E-state index contributed by atoms with van der Waals surface area (Å²) in [6.45, 7) is 6.78. The van der Waals surface area contributed by atoms with E-state index >= 15 is 0 Å². The van der Waals surface area contributed by atoms with E-state index in [4.69, 9.17) is 9.26 Å². The van der Waals surface area contributed by atoms with Crippen molar-refractivity contribution in [2.75, 3.05) is 11.9 Å². The molecule has 0 atom stereocenters. The van der Waals surface area contributed by atoms with Gasteiger partial charge in [0.15, 0.2) is 12.4 Å². The van der Waals surface area contributed by atoms with E-state index < -0.39 is 18.5 Å². The van der Waals surface area contributed by atoms with Gasteiger partial charge in [-0.2, -0.15) is 0 Å². The van der Waals surface area contributed by atoms with E-state index in [0.717, 1.165) is 0 Å². The molecular weight excluding hydrogens is 314 g/mol. The topological polar surface area (TPSA) is 114 Å². The van der Waals surface area contributed by atoms with Crippen LogP contribution in [0.1, 0.15) is 54.2 Å². The van der Waals surface area contributed by atoms with Crippen LogP contribution in [0.4, 0.5) is 5.88 Å². The molecule has 2 heterocycles. The normalized spacial score (nSPS) is 11.2. The molecule has 0 spiro atoms. The molecule has 2 N–H and O–H groups in total. The Balaban J connectivity index is 1.87. The van der Waals surface area contributed by atoms with Gasteiger partial charge < -0.3 is 14.2 Å². The molecule has 0 fully saturated rings. The Bertz CT molecular complexity index is 767. The second-order valence-corrected chi connectivity index (χ2v) is 6.31. The Kier molecular flexibility index (Phi) is 4.87. The first-order valence-electron chi connectivity index (χ1n) is 7.30. The number of aromatic amines is 1. The smallest absolute Gasteiger partial charge is 0.355 e. The highest BCUT2D eigenvalue weighted by molar-refractivity contribution is 5.98. The Hall–Kier alpha value is -2.90. The Morgan fingerprint density at radius 2 is 2.00 bits per heavy atom. The van der Waals surface area contributed by atoms with Gasteiger partial charge in [-0.3, -0.25) is 14.9 Å². The summed E-state index contributed by atoms with van der Waals surface area (Å²) in [7, 11) is 0. The quantitative estimate of drug-likeness (QED) is 0.641. The molecule has 0 bridgehead atoms. The average Bonchev–Trinajstić information content (AvgIpc) is 3.13. The largest absolute Gasteiger partial charge is 0.451 e. The highest BCUT2D eigenvalue weighted by atomic mass is 16.5. The molecule has 24 heavy (non-hydrogen) atoms. The predicted molar refractivity (Wildman–Crippen MR) is 84.9 cm³/mol. The summed E-state index contributed by atoms with van der Waals surface area (Å²) in [6, 6.07) is 2.98. The number of ketones is 1. The van der Waals surface area contributed by atoms with Gasteiger partial charge in [0.2, 0.25) is 5.88 Å². The number of anilines is 1. The maximum absolute atomic E-state index is 11.8. The summed E-state index contributed by atoms with van der Waals surface area (Å²) in [4.78, 5) is 37.4. The minimum absolute atomic E-state index is 0.0997. The fraction of sp³-hybridized carbons (Fsp3) is 0.375. The number of nitrogens with zero attached hydrogens (tertiary/aromatic N) is 1. The second kappa shape index (κ2) is 6.69. The number of rotatable bonds is 5. The van der Waals surface area contributed by atoms with Crippen LogP contribution in [0.25, 0.3) is 0 Å². The number of carbonyl (C=O) groups excluding carboxylic acids is 3. The number of esters is 1. The highest BCUT2D eigenvalue weighted by Gasteiger charge is 2.20. The number of carbonyl (C=O) groups is 3. The first-order valence-corrected chi connectivity index (χ1v) is 7.30. The molecule has 0 aromatic carbocycles. The van der Waals surface area contributed by atoms with Gasteiger partial charge in [-0.05, 0) is 13.0 Å². The first kappa shape index (κ1) is 17.5. The third-order valence-corrected chi connectivity index (χ3v) is 3.19. The lowest BCUT2D eigenvalue weighted by Crippen LogP contribution is -2.20. The van der Waals surface area contributed by atoms with Gasteiger partial charge in [0.05, 0.1) is 5.69 Å². The van der Waals surface area contributed by atoms with E-state index in [2.05, 4.69) is 15.5 Å². The maximum atomic E-state index is 11.8. The highest BCUT2D eigenvalue weighted by Crippen LogP contribution is 2.23. The summed E-state index contributed by atoms with van der Waals surface area (Å²) in [6.07, 6.45) is 1.40. The van der Waals surface area contributed by atoms with E-state index in [1.165, 1.54) is 19.2 Å². The van der Waals surface area contributed by atoms with Crippen LogP contribution in [-0.2, 0) is 14.9 Å². The van der Waals surface area contributed by atoms with Crippen molar-refractivity contribution < 1.29 is 23.6 Å². The average molecular weight is 333 g/mol. The lowest BCUT2D eigenvalue weighted by molar-refractivity contribution is -0.119. The molecule has 1 amide bonds. The molecule has 0 saturated carbocycles. The van der Waals surface area contributed by atoms with Gasteiger partial charge in [0, 0.05) is 23.2 Å². The van der Waals surface area contributed by atoms with Crippen molar-refractivity contribution in [2.45, 2.75) is 33.1 Å². The number of ether oxygens (including phenoxy) is 1. The van der Waals surface area contributed by atoms with E-state index in [1.807, 2.05) is 20.8 Å². The molecule has 8 heteroatoms. The van der Waals surface area contributed by atoms with Crippen LogP contribution >= 0.6 is 0 Å². The monoisotopic (exact) mass is 333 g/mol. The molecule has 0 unspecified atom stereocenters. The van der Waals surface area contributed by atoms with E-state index in [-0.39, 0.29) is 22.8 Å². The van der Waals surface area contributed by atoms with Crippen LogP contribution in [0, 0.1) is 0 Å². The summed E-state index contributed by atoms with van der Waals surface area (Å²) < 4.78 is 9.89. The molecular formula is C16H19N3O5. The number of hydrogen-bond acceptors (Lipinski definition) is 6. The fourth-order valence-corrected chi connectivity index (χ4v) is 1.79. The molecule has 128 valence electrons. The molecule has 0 aliphatic carbocycles. The van der Waals surface area contributed by atoms with Crippen LogP contribution < -0.4 is 5.32 Å². The second-order valence-electron chi connectivity index (χ2n) is 6.31. The molecule has 2 rings (SSSR count). The molecule has 0 saturated heterocycles. The molecule has 2 aromatic rings. The zero-order valence-corrected chi connectivity index (χ0v) is 13.9. The van der Waals surface area contributed by atoms with Crippen molar-refractivity contribution in [3.05, 3.63) is 35.3 Å². The van der Waals surface area contributed by atoms with Crippen LogP contribution in [0.15, 0.2) is 22.9 Å². The predicted octanol–water partition coefficient (Wildman–Crippen LogP) is 2.30. The zero-order valence-electron chi connectivity index (χ0n) is 13.9. The third kappa shape index (κ3) is 4.31. The van der Waals surface area contributed by atoms with E-state index in [9.17, 15) is 14.4 Å². The SMILES string of the molecule is CC(=O)c1c[nH]c(C(=O)OCC(=O)Nc2cc(C(C)(C)C)no2)c1. The molecule has 0 radical (unpaired) electrons. The fourth-order valence-electron chi connectivity index (χ4n) is 1.79. The number of amides is 1. The number of H-pyrrole nitrogens is 1. The van der Waals surface area contributed by atoms with Gasteiger partial charge in [-0.15, -0.1) is 0 Å². The van der Waals surface area contributed by atoms with Crippen LogP contribution in [0.2, 0.25) is 0 Å². The standard InChI is InChI=1S/C16H19N3O5/c1-9(20)10-5-11(17-7-10)15(22)23-8-13(21)18-14-6-12(19-24-14)16(2,3)4/h5-7,17H,8H2,1-4H3,(H,18,21). The zero-order chi connectivity index (χ0) is 17.9. The van der Waals surface area contributed by atoms with Crippen LogP contribution in [0.3, 0.4) is 0 Å². The summed E-state index contributed by atoms with van der Waals surface area (Å²) in [5.41, 5.74) is 0.949. The van der Waals surface area contributed by atoms with E-state index in [1.54, 1.807) is 6.07 Å². The Morgan fingerprint density at radius 1 is 1.29 bits per heavy atom. The summed E-state index contributed by atoms with van der Waals surface area (Å²) >= 11 is 0. The van der Waals surface area contributed by atoms with Crippen LogP contribution in [-0.4, -0.2) is 34.4 Å². The van der Waals surface area contributed by atoms with Gasteiger partial charge in [0.1, 0.15) is 5.69 Å². The van der Waals surface area contributed by atoms with Crippen molar-refractivity contribution >= 4 is 23.5 Å². The van der Waals surface area contributed by atoms with Crippen molar-refractivity contribution in [2.24, 2.45) is 0 Å². The summed E-state index contributed by atoms with van der Waals surface area (Å²) in [5, 5.41) is 6.32. The minimum atomic E-state index is -0.731. The van der Waals surface area contributed by atoms with Gasteiger partial charge in [-0.25, -0.2) is 4.79 Å². The lowest BCUT2D eigenvalue weighted by Gasteiger charge is -2.12. The Morgan fingerprint density at radius 3 is 2.54 bits per heavy atom. The van der Waals surface area contributed by atoms with E-state index in [0.29, 0.717) is 11.3 Å². The van der Waals surface area contributed by atoms with Crippen molar-refractivity contribution in [1.82, 2.24) is 10.1 Å². The van der Waals surface area contributed by atoms with Crippen molar-refractivity contribution in [1.29, 1.82) is 0 Å². The number of aromatic nitrogens is 2. The lowest BCUT2D eigenvalue weighted by atomic mass is 9.92. The molecule has 0 aliphatic heterocycles. The number of hydrogen-bond donors (Lipinski definition) is 2. The molecule has 8 nitrogen and oxygen atoms in total. The first-order chi connectivity index (χ1) is 11.2. The van der Waals surface area contributed by atoms with Gasteiger partial charge in [0.25, 0.3) is 5.91 Å². The maximum Gasteiger partial charge on any atom is 0.355 e. The Labute approximate surface area is 138 Å². The molecule has 0 aliphatic rings. The van der Waals surface area contributed by atoms with Crippen molar-refractivity contribution in [3.8, 4) is 0 Å². The van der Waals surface area contributed by atoms with Gasteiger partial charge in [-0.1, -0.05) is 25.9 Å². The van der Waals surface area contributed by atoms with Crippen LogP contribution in [0.5, 0.6) is 0 Å². The minimum Gasteiger partial charge on any atom is -0.451 e. The van der Waals surface area contributed by atoms with Gasteiger partial charge >= 0.3 is 5.97 Å². The number of Topliss-reactive ketones (excluding diaryl/α,β-unsaturated/α-hetero) is 1.